The van der Waals surface area contributed by atoms with Crippen molar-refractivity contribution in [1.29, 1.82) is 0 Å². The van der Waals surface area contributed by atoms with Crippen LogP contribution < -0.4 is 0 Å². The predicted octanol–water partition coefficient (Wildman–Crippen LogP) is 5.42. The average molecular weight is 317 g/mol. The molecule has 0 amide bonds. The molecule has 0 bridgehead atoms. The molecule has 0 aromatic carbocycles. The first-order valence-corrected chi connectivity index (χ1v) is 10.7. The second-order valence-corrected chi connectivity index (χ2v) is 7.68. The van der Waals surface area contributed by atoms with Gasteiger partial charge < -0.3 is 0 Å². The predicted molar refractivity (Wildman–Crippen MR) is 94.3 cm³/mol. The van der Waals surface area contributed by atoms with Gasteiger partial charge >= 0.3 is 0 Å². The summed E-state index contributed by atoms with van der Waals surface area (Å²) in [5.41, 5.74) is 0. The number of carbonyl (C=O) groups is 1. The Balaban J connectivity index is 3.09. The lowest BCUT2D eigenvalue weighted by molar-refractivity contribution is -0.116. The number of hydrogen-bond donors (Lipinski definition) is 0. The largest absolute Gasteiger partial charge is 0.299 e. The van der Waals surface area contributed by atoms with Crippen LogP contribution in [0.3, 0.4) is 0 Å². The van der Waals surface area contributed by atoms with Crippen LogP contribution in [0, 0.1) is 0 Å². The summed E-state index contributed by atoms with van der Waals surface area (Å²) in [6, 6.07) is 0. The zero-order valence-corrected chi connectivity index (χ0v) is 15.1. The molecule has 1 atom stereocenters. The van der Waals surface area contributed by atoms with Gasteiger partial charge in [0, 0.05) is 23.5 Å². The van der Waals surface area contributed by atoms with Crippen LogP contribution in [0.15, 0.2) is 0 Å². The molecule has 0 aromatic rings. The first-order valence-electron chi connectivity index (χ1n) is 8.98. The summed E-state index contributed by atoms with van der Waals surface area (Å²) in [7, 11) is -0.962. The van der Waals surface area contributed by atoms with Crippen molar-refractivity contribution in [3.8, 4) is 0 Å². The Bertz CT molecular complexity index is 264. The lowest BCUT2D eigenvalue weighted by atomic mass is 10.0. The lowest BCUT2D eigenvalue weighted by Gasteiger charge is -2.03. The molecule has 0 aliphatic heterocycles. The maximum Gasteiger partial charge on any atom is 0.145 e. The number of carbonyl (C=O) groups excluding carboxylic acids is 1. The Kier molecular flexibility index (Phi) is 16.1. The monoisotopic (exact) mass is 316 g/mol. The summed E-state index contributed by atoms with van der Waals surface area (Å²) < 4.78 is 10.9. The standard InChI is InChI=1S/C18H36O2S/c1-3-4-5-6-7-8-9-10-11-12-13-14-15-16-18(19)17-21(2)20/h3-17H2,1-2H3. The SMILES string of the molecule is CCCCCCCCCCCCCCCC(=O)CS(C)=O. The van der Waals surface area contributed by atoms with Crippen LogP contribution in [0.4, 0.5) is 0 Å². The van der Waals surface area contributed by atoms with Gasteiger partial charge in [-0.2, -0.15) is 0 Å². The van der Waals surface area contributed by atoms with E-state index in [4.69, 9.17) is 0 Å². The normalized spacial score (nSPS) is 12.5. The van der Waals surface area contributed by atoms with Gasteiger partial charge in [0.25, 0.3) is 0 Å². The van der Waals surface area contributed by atoms with E-state index in [2.05, 4.69) is 6.92 Å². The molecule has 0 spiro atoms. The maximum absolute atomic E-state index is 11.4. The Labute approximate surface area is 134 Å². The summed E-state index contributed by atoms with van der Waals surface area (Å²) in [5.74, 6) is 0.414. The van der Waals surface area contributed by atoms with Crippen molar-refractivity contribution >= 4 is 16.6 Å². The molecule has 0 saturated heterocycles. The molecule has 0 aromatic heterocycles. The number of rotatable bonds is 16. The molecule has 0 radical (unpaired) electrons. The molecule has 21 heavy (non-hydrogen) atoms. The van der Waals surface area contributed by atoms with E-state index in [1.54, 1.807) is 6.26 Å². The van der Waals surface area contributed by atoms with Crippen molar-refractivity contribution in [2.24, 2.45) is 0 Å². The van der Waals surface area contributed by atoms with Crippen LogP contribution in [0.2, 0.25) is 0 Å². The molecule has 0 aliphatic rings. The molecule has 1 unspecified atom stereocenters. The van der Waals surface area contributed by atoms with Gasteiger partial charge in [-0.15, -0.1) is 0 Å². The minimum absolute atomic E-state index is 0.166. The summed E-state index contributed by atoms with van der Waals surface area (Å²) in [6.07, 6.45) is 19.4. The average Bonchev–Trinajstić information content (AvgIpc) is 2.43. The molecule has 0 heterocycles. The van der Waals surface area contributed by atoms with Crippen LogP contribution in [-0.2, 0) is 15.6 Å². The van der Waals surface area contributed by atoms with Crippen LogP contribution in [-0.4, -0.2) is 22.0 Å². The van der Waals surface area contributed by atoms with Crippen molar-refractivity contribution < 1.29 is 9.00 Å². The molecule has 2 nitrogen and oxygen atoms in total. The smallest absolute Gasteiger partial charge is 0.145 e. The van der Waals surface area contributed by atoms with Crippen LogP contribution >= 0.6 is 0 Å². The number of ketones is 1. The highest BCUT2D eigenvalue weighted by atomic mass is 32.2. The summed E-state index contributed by atoms with van der Waals surface area (Å²) in [5, 5.41) is 0. The number of hydrogen-bond acceptors (Lipinski definition) is 2. The van der Waals surface area contributed by atoms with E-state index >= 15 is 0 Å². The summed E-state index contributed by atoms with van der Waals surface area (Å²) in [4.78, 5) is 11.4. The zero-order valence-electron chi connectivity index (χ0n) is 14.3. The third-order valence-corrected chi connectivity index (χ3v) is 4.65. The third-order valence-electron chi connectivity index (χ3n) is 3.92. The topological polar surface area (TPSA) is 34.1 Å². The fourth-order valence-corrected chi connectivity index (χ4v) is 3.24. The van der Waals surface area contributed by atoms with E-state index in [1.807, 2.05) is 0 Å². The molecule has 0 saturated carbocycles. The Morgan fingerprint density at radius 1 is 0.714 bits per heavy atom. The fourth-order valence-electron chi connectivity index (χ4n) is 2.64. The highest BCUT2D eigenvalue weighted by Gasteiger charge is 2.03. The molecular formula is C18H36O2S. The second kappa shape index (κ2) is 16.2. The molecule has 3 heteroatoms. The van der Waals surface area contributed by atoms with Crippen molar-refractivity contribution in [3.63, 3.8) is 0 Å². The highest BCUT2D eigenvalue weighted by molar-refractivity contribution is 7.85. The minimum atomic E-state index is -0.962. The van der Waals surface area contributed by atoms with Gasteiger partial charge in [-0.3, -0.25) is 9.00 Å². The van der Waals surface area contributed by atoms with Crippen LogP contribution in [0.5, 0.6) is 0 Å². The summed E-state index contributed by atoms with van der Waals surface area (Å²) in [6.45, 7) is 2.26. The van der Waals surface area contributed by atoms with Crippen LogP contribution in [0.1, 0.15) is 96.8 Å². The maximum atomic E-state index is 11.4. The highest BCUT2D eigenvalue weighted by Crippen LogP contribution is 2.13. The molecule has 0 rings (SSSR count). The molecular weight excluding hydrogens is 280 g/mol. The van der Waals surface area contributed by atoms with Crippen molar-refractivity contribution in [2.45, 2.75) is 96.8 Å². The second-order valence-electron chi connectivity index (χ2n) is 6.25. The number of Topliss-reactive ketones (excluding diaryl/α,β-unsaturated/α-hetero) is 1. The van der Waals surface area contributed by atoms with E-state index < -0.39 is 10.8 Å². The van der Waals surface area contributed by atoms with E-state index in [-0.39, 0.29) is 11.5 Å². The van der Waals surface area contributed by atoms with Gasteiger partial charge in [0.1, 0.15) is 5.78 Å². The van der Waals surface area contributed by atoms with Crippen molar-refractivity contribution in [1.82, 2.24) is 0 Å². The minimum Gasteiger partial charge on any atom is -0.299 e. The summed E-state index contributed by atoms with van der Waals surface area (Å²) >= 11 is 0. The van der Waals surface area contributed by atoms with Gasteiger partial charge in [-0.05, 0) is 6.42 Å². The van der Waals surface area contributed by atoms with Crippen molar-refractivity contribution in [3.05, 3.63) is 0 Å². The first-order chi connectivity index (χ1) is 10.2. The Morgan fingerprint density at radius 2 is 1.10 bits per heavy atom. The quantitative estimate of drug-likeness (QED) is 0.356. The van der Waals surface area contributed by atoms with Gasteiger partial charge in [-0.1, -0.05) is 84.0 Å². The van der Waals surface area contributed by atoms with E-state index in [9.17, 15) is 9.00 Å². The Morgan fingerprint density at radius 3 is 1.48 bits per heavy atom. The van der Waals surface area contributed by atoms with Gasteiger partial charge in [-0.25, -0.2) is 0 Å². The molecule has 0 aliphatic carbocycles. The van der Waals surface area contributed by atoms with E-state index in [1.165, 1.54) is 70.6 Å². The zero-order chi connectivity index (χ0) is 15.8. The Hall–Kier alpha value is -0.180. The molecule has 0 N–H and O–H groups in total. The lowest BCUT2D eigenvalue weighted by Crippen LogP contribution is -2.08. The van der Waals surface area contributed by atoms with Crippen LogP contribution in [0.25, 0.3) is 0 Å². The van der Waals surface area contributed by atoms with Gasteiger partial charge in [0.15, 0.2) is 0 Å². The molecule has 0 fully saturated rings. The third kappa shape index (κ3) is 17.8. The number of unbranched alkanes of at least 4 members (excludes halogenated alkanes) is 12. The molecule has 126 valence electrons. The fraction of sp³-hybridized carbons (Fsp3) is 0.944. The van der Waals surface area contributed by atoms with Crippen molar-refractivity contribution in [2.75, 3.05) is 12.0 Å². The van der Waals surface area contributed by atoms with Gasteiger partial charge in [0.05, 0.1) is 5.75 Å². The van der Waals surface area contributed by atoms with E-state index in [0.29, 0.717) is 6.42 Å². The van der Waals surface area contributed by atoms with E-state index in [0.717, 1.165) is 12.8 Å². The first kappa shape index (κ1) is 20.8. The van der Waals surface area contributed by atoms with Gasteiger partial charge in [0.2, 0.25) is 0 Å².